The summed E-state index contributed by atoms with van der Waals surface area (Å²) in [6, 6.07) is 0. The van der Waals surface area contributed by atoms with Crippen LogP contribution < -0.4 is 0 Å². The van der Waals surface area contributed by atoms with Crippen LogP contribution in [0, 0.1) is 69.0 Å². The summed E-state index contributed by atoms with van der Waals surface area (Å²) in [5, 5.41) is 0. The van der Waals surface area contributed by atoms with Crippen LogP contribution in [0.4, 0.5) is 0 Å². The second kappa shape index (κ2) is 13.9. The Morgan fingerprint density at radius 3 is 1.20 bits per heavy atom. The molecule has 8 aliphatic carbocycles. The zero-order chi connectivity index (χ0) is 41.0. The van der Waals surface area contributed by atoms with Gasteiger partial charge in [0, 0.05) is 37.5 Å². The molecule has 6 saturated carbocycles. The molecule has 56 heavy (non-hydrogen) atoms. The molecule has 0 aliphatic heterocycles. The van der Waals surface area contributed by atoms with E-state index in [1.807, 2.05) is 12.2 Å². The summed E-state index contributed by atoms with van der Waals surface area (Å²) in [5.41, 5.74) is 0.435. The van der Waals surface area contributed by atoms with Gasteiger partial charge in [-0.15, -0.1) is 0 Å². The van der Waals surface area contributed by atoms with E-state index in [0.717, 1.165) is 64.2 Å². The topological polar surface area (TPSA) is 121 Å². The van der Waals surface area contributed by atoms with Gasteiger partial charge in [-0.05, 0) is 161 Å². The maximum atomic E-state index is 12.8. The molecular weight excluding hydrogens is 705 g/mol. The van der Waals surface area contributed by atoms with Crippen molar-refractivity contribution in [3.63, 3.8) is 0 Å². The van der Waals surface area contributed by atoms with Crippen LogP contribution in [0.15, 0.2) is 23.3 Å². The number of rotatable bonds is 4. The normalized spacial score (nSPS) is 47.5. The molecule has 0 saturated heterocycles. The predicted octanol–water partition coefficient (Wildman–Crippen LogP) is 9.31. The van der Waals surface area contributed by atoms with E-state index >= 15 is 0 Å². The van der Waals surface area contributed by atoms with E-state index in [4.69, 9.17) is 9.47 Å². The number of Topliss-reactive ketones (excluding diaryl/α,β-unsaturated/α-hetero) is 2. The third-order valence-corrected chi connectivity index (χ3v) is 18.6. The Morgan fingerprint density at radius 1 is 0.536 bits per heavy atom. The fourth-order valence-corrected chi connectivity index (χ4v) is 16.1. The Bertz CT molecular complexity index is 1660. The van der Waals surface area contributed by atoms with Crippen LogP contribution in [0.3, 0.4) is 0 Å². The van der Waals surface area contributed by atoms with Crippen molar-refractivity contribution in [2.24, 2.45) is 69.0 Å². The van der Waals surface area contributed by atoms with Crippen LogP contribution in [-0.2, 0) is 38.2 Å². The Kier molecular flexibility index (Phi) is 10.2. The molecule has 8 nitrogen and oxygen atoms in total. The zero-order valence-corrected chi connectivity index (χ0v) is 35.9. The van der Waals surface area contributed by atoms with Gasteiger partial charge in [0.1, 0.15) is 0 Å². The van der Waals surface area contributed by atoms with Gasteiger partial charge in [-0.3, -0.25) is 28.8 Å². The first-order valence-electron chi connectivity index (χ1n) is 22.0. The predicted molar refractivity (Wildman–Crippen MR) is 213 cm³/mol. The van der Waals surface area contributed by atoms with Crippen LogP contribution in [0.25, 0.3) is 0 Å². The number of hydrogen-bond acceptors (Lipinski definition) is 8. The lowest BCUT2D eigenvalue weighted by Crippen LogP contribution is -2.59. The third kappa shape index (κ3) is 5.77. The summed E-state index contributed by atoms with van der Waals surface area (Å²) < 4.78 is 11.7. The second-order valence-corrected chi connectivity index (χ2v) is 20.9. The van der Waals surface area contributed by atoms with Gasteiger partial charge in [0.05, 0.1) is 0 Å². The summed E-state index contributed by atoms with van der Waals surface area (Å²) >= 11 is 0. The fourth-order valence-electron chi connectivity index (χ4n) is 16.1. The molecule has 8 heteroatoms. The minimum absolute atomic E-state index is 0.00469. The Labute approximate surface area is 335 Å². The lowest BCUT2D eigenvalue weighted by atomic mass is 9.44. The van der Waals surface area contributed by atoms with E-state index in [1.54, 1.807) is 13.8 Å². The first kappa shape index (κ1) is 41.3. The highest BCUT2D eigenvalue weighted by Crippen LogP contribution is 2.71. The molecule has 0 bridgehead atoms. The van der Waals surface area contributed by atoms with E-state index in [1.165, 1.54) is 25.0 Å². The number of fused-ring (bicyclic) bond motifs is 10. The van der Waals surface area contributed by atoms with Crippen molar-refractivity contribution < 1.29 is 38.2 Å². The molecule has 14 atom stereocenters. The summed E-state index contributed by atoms with van der Waals surface area (Å²) in [7, 11) is 0. The smallest absolute Gasteiger partial charge is 0.303 e. The largest absolute Gasteiger partial charge is 0.451 e. The summed E-state index contributed by atoms with van der Waals surface area (Å²) in [5.74, 6) is 3.64. The van der Waals surface area contributed by atoms with E-state index in [0.29, 0.717) is 73.0 Å². The van der Waals surface area contributed by atoms with Crippen LogP contribution in [0.2, 0.25) is 0 Å². The van der Waals surface area contributed by atoms with Gasteiger partial charge in [0.15, 0.2) is 34.3 Å². The molecule has 8 rings (SSSR count). The van der Waals surface area contributed by atoms with Crippen molar-refractivity contribution in [2.45, 2.75) is 170 Å². The Hall–Kier alpha value is -2.90. The van der Waals surface area contributed by atoms with Crippen molar-refractivity contribution in [3.8, 4) is 0 Å². The molecule has 0 aromatic carbocycles. The molecule has 0 spiro atoms. The number of carbonyl (C=O) groups is 6. The number of carbonyl (C=O) groups excluding carboxylic acids is 6. The zero-order valence-electron chi connectivity index (χ0n) is 35.9. The first-order chi connectivity index (χ1) is 26.1. The number of esters is 2. The maximum Gasteiger partial charge on any atom is 0.303 e. The molecule has 6 fully saturated rings. The van der Waals surface area contributed by atoms with Crippen molar-refractivity contribution >= 4 is 35.1 Å². The maximum absolute atomic E-state index is 12.8. The van der Waals surface area contributed by atoms with Gasteiger partial charge >= 0.3 is 11.9 Å². The van der Waals surface area contributed by atoms with E-state index in [-0.39, 0.29) is 56.7 Å². The van der Waals surface area contributed by atoms with Crippen molar-refractivity contribution in [3.05, 3.63) is 23.3 Å². The summed E-state index contributed by atoms with van der Waals surface area (Å²) in [6.07, 6.45) is 16.4. The molecular formula is C48H68O8. The molecule has 0 unspecified atom stereocenters. The third-order valence-electron chi connectivity index (χ3n) is 18.6. The quantitative estimate of drug-likeness (QED) is 0.259. The van der Waals surface area contributed by atoms with Crippen LogP contribution >= 0.6 is 0 Å². The van der Waals surface area contributed by atoms with Gasteiger partial charge in [-0.25, -0.2) is 0 Å². The average molecular weight is 773 g/mol. The minimum Gasteiger partial charge on any atom is -0.451 e. The number of hydrogen-bond donors (Lipinski definition) is 0. The van der Waals surface area contributed by atoms with Crippen molar-refractivity contribution in [1.29, 1.82) is 0 Å². The monoisotopic (exact) mass is 772 g/mol. The van der Waals surface area contributed by atoms with Crippen LogP contribution in [0.1, 0.15) is 159 Å². The van der Waals surface area contributed by atoms with Gasteiger partial charge in [-0.1, -0.05) is 52.7 Å². The van der Waals surface area contributed by atoms with Crippen LogP contribution in [0.5, 0.6) is 0 Å². The molecule has 308 valence electrons. The number of allylic oxidation sites excluding steroid dienone is 2. The van der Waals surface area contributed by atoms with Gasteiger partial charge in [0.25, 0.3) is 0 Å². The lowest BCUT2D eigenvalue weighted by molar-refractivity contribution is -0.187. The molecule has 0 aromatic rings. The van der Waals surface area contributed by atoms with Crippen molar-refractivity contribution in [1.82, 2.24) is 0 Å². The molecule has 8 aliphatic rings. The number of ether oxygens (including phenoxy) is 2. The molecule has 0 amide bonds. The highest BCUT2D eigenvalue weighted by Gasteiger charge is 2.70. The molecule has 0 heterocycles. The second-order valence-electron chi connectivity index (χ2n) is 20.9. The van der Waals surface area contributed by atoms with Gasteiger partial charge in [-0.2, -0.15) is 0 Å². The summed E-state index contributed by atoms with van der Waals surface area (Å²) in [4.78, 5) is 73.6. The SMILES string of the molecule is CC(=O)O[C@]1(C(C)=O)CC[C@H]2[C@@H]3C[C@H](C)C4=CC(=O)CC[C@]4(C)[C@H]3CC[C@@]21C.CC(=O)O[C@]1(C(C)=O)CC[C@H]2[C@@H]3C[C@H](C)C4=CC(=O)CC[C@]4(C)[C@H]3CC[C@@]21C. The van der Waals surface area contributed by atoms with E-state index in [9.17, 15) is 28.8 Å². The molecule has 0 aromatic heterocycles. The first-order valence-corrected chi connectivity index (χ1v) is 22.0. The van der Waals surface area contributed by atoms with E-state index < -0.39 is 11.2 Å². The standard InChI is InChI=1S/2C24H34O4/c2*1-14-12-18-19(22(4)9-6-17(27)13-21(14)22)7-10-23(5)20(18)8-11-24(23,15(2)25)28-16(3)26/h2*13-14,18-20H,6-12H2,1-5H3/t2*14-,18+,19-,20-,22+,23-,24-/m00/s1. The van der Waals surface area contributed by atoms with Gasteiger partial charge < -0.3 is 9.47 Å². The average Bonchev–Trinajstić information content (AvgIpc) is 3.58. The van der Waals surface area contributed by atoms with Crippen molar-refractivity contribution in [2.75, 3.05) is 0 Å². The minimum atomic E-state index is -0.961. The summed E-state index contributed by atoms with van der Waals surface area (Å²) in [6.45, 7) is 19.7. The highest BCUT2D eigenvalue weighted by atomic mass is 16.6. The highest BCUT2D eigenvalue weighted by molar-refractivity contribution is 5.93. The van der Waals surface area contributed by atoms with E-state index in [2.05, 4.69) is 41.5 Å². The Balaban J connectivity index is 0.000000172. The fraction of sp³-hybridized carbons (Fsp3) is 0.792. The number of ketones is 4. The van der Waals surface area contributed by atoms with Gasteiger partial charge in [0.2, 0.25) is 0 Å². The Morgan fingerprint density at radius 2 is 0.875 bits per heavy atom. The van der Waals surface area contributed by atoms with Crippen LogP contribution in [-0.4, -0.2) is 46.3 Å². The molecule has 0 radical (unpaired) electrons. The lowest BCUT2D eigenvalue weighted by Gasteiger charge is -2.60. The molecule has 0 N–H and O–H groups in total.